The second-order valence-corrected chi connectivity index (χ2v) is 6.36. The molecule has 110 valence electrons. The Morgan fingerprint density at radius 2 is 1.90 bits per heavy atom. The second kappa shape index (κ2) is 5.26. The molecule has 1 aliphatic carbocycles. The van der Waals surface area contributed by atoms with E-state index in [9.17, 15) is 0 Å². The first-order valence-corrected chi connectivity index (χ1v) is 7.96. The van der Waals surface area contributed by atoms with Gasteiger partial charge in [0, 0.05) is 6.42 Å². The molecule has 2 aliphatic rings. The van der Waals surface area contributed by atoms with E-state index in [2.05, 4.69) is 40.8 Å². The smallest absolute Gasteiger partial charge is 0.226 e. The van der Waals surface area contributed by atoms with Gasteiger partial charge in [-0.3, -0.25) is 0 Å². The summed E-state index contributed by atoms with van der Waals surface area (Å²) in [6, 6.07) is 10.6. The van der Waals surface area contributed by atoms with Crippen molar-refractivity contribution in [3.05, 3.63) is 47.6 Å². The molecule has 0 bridgehead atoms. The minimum Gasteiger partial charge on any atom is -0.339 e. The number of nitrogens with one attached hydrogen (secondary N) is 1. The van der Waals surface area contributed by atoms with Gasteiger partial charge < -0.3 is 9.84 Å². The highest BCUT2D eigenvalue weighted by molar-refractivity contribution is 5.38. The molecule has 2 heterocycles. The highest BCUT2D eigenvalue weighted by atomic mass is 16.5. The summed E-state index contributed by atoms with van der Waals surface area (Å²) < 4.78 is 5.53. The van der Waals surface area contributed by atoms with Crippen LogP contribution in [0.5, 0.6) is 0 Å². The quantitative estimate of drug-likeness (QED) is 0.937. The first-order valence-electron chi connectivity index (χ1n) is 7.96. The lowest BCUT2D eigenvalue weighted by Crippen LogP contribution is -2.28. The highest BCUT2D eigenvalue weighted by Crippen LogP contribution is 2.52. The lowest BCUT2D eigenvalue weighted by Gasteiger charge is -2.20. The highest BCUT2D eigenvalue weighted by Gasteiger charge is 2.49. The van der Waals surface area contributed by atoms with E-state index in [1.54, 1.807) is 0 Å². The molecule has 1 aromatic carbocycles. The summed E-state index contributed by atoms with van der Waals surface area (Å²) in [6.07, 6.45) is 5.61. The minimum atomic E-state index is 0.0249. The van der Waals surface area contributed by atoms with E-state index in [0.29, 0.717) is 5.92 Å². The molecule has 21 heavy (non-hydrogen) atoms. The van der Waals surface area contributed by atoms with Crippen LogP contribution >= 0.6 is 0 Å². The third kappa shape index (κ3) is 2.48. The van der Waals surface area contributed by atoms with Gasteiger partial charge in [-0.15, -0.1) is 0 Å². The summed E-state index contributed by atoms with van der Waals surface area (Å²) >= 11 is 0. The average Bonchev–Trinajstić information content (AvgIpc) is 3.23. The fourth-order valence-corrected chi connectivity index (χ4v) is 3.39. The maximum absolute atomic E-state index is 5.53. The van der Waals surface area contributed by atoms with Crippen LogP contribution in [0.25, 0.3) is 0 Å². The van der Waals surface area contributed by atoms with E-state index in [-0.39, 0.29) is 5.41 Å². The Morgan fingerprint density at radius 3 is 2.62 bits per heavy atom. The van der Waals surface area contributed by atoms with Gasteiger partial charge in [-0.05, 0) is 50.3 Å². The Hall–Kier alpha value is -1.68. The summed E-state index contributed by atoms with van der Waals surface area (Å²) in [7, 11) is 0. The summed E-state index contributed by atoms with van der Waals surface area (Å²) in [5.41, 5.74) is 1.34. The van der Waals surface area contributed by atoms with E-state index in [4.69, 9.17) is 9.51 Å². The van der Waals surface area contributed by atoms with Crippen LogP contribution in [0, 0.1) is 5.92 Å². The molecular weight excluding hydrogens is 262 g/mol. The predicted molar refractivity (Wildman–Crippen MR) is 80.1 cm³/mol. The van der Waals surface area contributed by atoms with Gasteiger partial charge in [0.15, 0.2) is 5.82 Å². The maximum Gasteiger partial charge on any atom is 0.226 e. The van der Waals surface area contributed by atoms with Crippen LogP contribution < -0.4 is 5.32 Å². The van der Waals surface area contributed by atoms with Crippen molar-refractivity contribution in [1.29, 1.82) is 0 Å². The van der Waals surface area contributed by atoms with Crippen LogP contribution in [-0.2, 0) is 11.8 Å². The van der Waals surface area contributed by atoms with E-state index in [0.717, 1.165) is 44.1 Å². The molecule has 2 aromatic rings. The lowest BCUT2D eigenvalue weighted by molar-refractivity contribution is 0.311. The zero-order chi connectivity index (χ0) is 14.1. The Morgan fingerprint density at radius 1 is 1.14 bits per heavy atom. The van der Waals surface area contributed by atoms with Gasteiger partial charge in [0.2, 0.25) is 5.89 Å². The standard InChI is InChI=1S/C17H21N3O/c1-2-4-14(5-3-1)17(8-9-17)16-19-15(21-20-16)12-13-6-10-18-11-7-13/h1-5,13,18H,6-12H2. The monoisotopic (exact) mass is 283 g/mol. The van der Waals surface area contributed by atoms with Crippen LogP contribution in [0.3, 0.4) is 0 Å². The fourth-order valence-electron chi connectivity index (χ4n) is 3.39. The molecule has 1 saturated heterocycles. The largest absolute Gasteiger partial charge is 0.339 e. The summed E-state index contributed by atoms with van der Waals surface area (Å²) in [5.74, 6) is 2.39. The summed E-state index contributed by atoms with van der Waals surface area (Å²) in [4.78, 5) is 4.72. The average molecular weight is 283 g/mol. The molecule has 2 fully saturated rings. The van der Waals surface area contributed by atoms with Gasteiger partial charge in [0.1, 0.15) is 0 Å². The van der Waals surface area contributed by atoms with Crippen LogP contribution in [0.1, 0.15) is 43.0 Å². The fraction of sp³-hybridized carbons (Fsp3) is 0.529. The van der Waals surface area contributed by atoms with E-state index < -0.39 is 0 Å². The molecule has 0 amide bonds. The second-order valence-electron chi connectivity index (χ2n) is 6.36. The Kier molecular flexibility index (Phi) is 3.26. The predicted octanol–water partition coefficient (Wildman–Crippen LogP) is 2.69. The van der Waals surface area contributed by atoms with Gasteiger partial charge in [0.25, 0.3) is 0 Å². The van der Waals surface area contributed by atoms with Crippen LogP contribution in [0.2, 0.25) is 0 Å². The minimum absolute atomic E-state index is 0.0249. The van der Waals surface area contributed by atoms with Gasteiger partial charge in [-0.25, -0.2) is 0 Å². The van der Waals surface area contributed by atoms with Crippen molar-refractivity contribution < 1.29 is 4.52 Å². The topological polar surface area (TPSA) is 51.0 Å². The van der Waals surface area contributed by atoms with E-state index in [1.165, 1.54) is 18.4 Å². The van der Waals surface area contributed by atoms with E-state index in [1.807, 2.05) is 0 Å². The van der Waals surface area contributed by atoms with Crippen molar-refractivity contribution in [3.63, 3.8) is 0 Å². The van der Waals surface area contributed by atoms with Crippen molar-refractivity contribution in [2.45, 2.75) is 37.5 Å². The lowest BCUT2D eigenvalue weighted by atomic mass is 9.94. The normalized spacial score (nSPS) is 21.3. The molecule has 4 rings (SSSR count). The number of nitrogens with zero attached hydrogens (tertiary/aromatic N) is 2. The Bertz CT molecular complexity index is 598. The van der Waals surface area contributed by atoms with Crippen molar-refractivity contribution in [2.24, 2.45) is 5.92 Å². The van der Waals surface area contributed by atoms with E-state index >= 15 is 0 Å². The summed E-state index contributed by atoms with van der Waals surface area (Å²) in [5, 5.41) is 7.69. The number of rotatable bonds is 4. The molecule has 4 nitrogen and oxygen atoms in total. The van der Waals surface area contributed by atoms with Gasteiger partial charge >= 0.3 is 0 Å². The third-order valence-corrected chi connectivity index (χ3v) is 4.89. The molecule has 1 N–H and O–H groups in total. The molecule has 0 atom stereocenters. The number of aromatic nitrogens is 2. The van der Waals surface area contributed by atoms with Crippen LogP contribution in [0.4, 0.5) is 0 Å². The number of hydrogen-bond acceptors (Lipinski definition) is 4. The van der Waals surface area contributed by atoms with Gasteiger partial charge in [0.05, 0.1) is 5.41 Å². The Balaban J connectivity index is 1.52. The molecule has 4 heteroatoms. The maximum atomic E-state index is 5.53. The number of benzene rings is 1. The first kappa shape index (κ1) is 13.0. The Labute approximate surface area is 124 Å². The van der Waals surface area contributed by atoms with Crippen molar-refractivity contribution in [3.8, 4) is 0 Å². The van der Waals surface area contributed by atoms with Crippen LogP contribution in [-0.4, -0.2) is 23.2 Å². The molecular formula is C17H21N3O. The molecule has 1 aromatic heterocycles. The zero-order valence-electron chi connectivity index (χ0n) is 12.2. The molecule has 1 saturated carbocycles. The van der Waals surface area contributed by atoms with Crippen molar-refractivity contribution in [1.82, 2.24) is 15.5 Å². The molecule has 0 spiro atoms. The molecule has 0 radical (unpaired) electrons. The van der Waals surface area contributed by atoms with Crippen molar-refractivity contribution >= 4 is 0 Å². The number of hydrogen-bond donors (Lipinski definition) is 1. The SMILES string of the molecule is c1ccc(C2(c3noc(CC4CCNCC4)n3)CC2)cc1. The summed E-state index contributed by atoms with van der Waals surface area (Å²) in [6.45, 7) is 2.22. The van der Waals surface area contributed by atoms with Crippen LogP contribution in [0.15, 0.2) is 34.9 Å². The van der Waals surface area contributed by atoms with Gasteiger partial charge in [-0.1, -0.05) is 35.5 Å². The van der Waals surface area contributed by atoms with Gasteiger partial charge in [-0.2, -0.15) is 4.98 Å². The number of piperidine rings is 1. The molecule has 1 aliphatic heterocycles. The zero-order valence-corrected chi connectivity index (χ0v) is 12.2. The molecule has 0 unspecified atom stereocenters. The third-order valence-electron chi connectivity index (χ3n) is 4.89. The first-order chi connectivity index (χ1) is 10.4. The van der Waals surface area contributed by atoms with Crippen molar-refractivity contribution in [2.75, 3.05) is 13.1 Å².